The lowest BCUT2D eigenvalue weighted by Gasteiger charge is -2.25. The molecule has 0 bridgehead atoms. The van der Waals surface area contributed by atoms with Crippen molar-refractivity contribution < 1.29 is 14.0 Å². The van der Waals surface area contributed by atoms with Crippen LogP contribution in [0.3, 0.4) is 0 Å². The number of benzene rings is 1. The third-order valence-corrected chi connectivity index (χ3v) is 6.79. The van der Waals surface area contributed by atoms with Gasteiger partial charge in [-0.3, -0.25) is 14.5 Å². The van der Waals surface area contributed by atoms with Gasteiger partial charge >= 0.3 is 0 Å². The third-order valence-electron chi connectivity index (χ3n) is 5.14. The average molecular weight is 436 g/mol. The Bertz CT molecular complexity index is 947. The van der Waals surface area contributed by atoms with E-state index in [0.29, 0.717) is 38.9 Å². The van der Waals surface area contributed by atoms with Gasteiger partial charge in [0.05, 0.1) is 15.0 Å². The minimum atomic E-state index is -0.229. The molecule has 0 radical (unpaired) electrons. The second-order valence-electron chi connectivity index (χ2n) is 7.13. The molecule has 2 aromatic rings. The lowest BCUT2D eigenvalue weighted by atomic mass is 9.89. The van der Waals surface area contributed by atoms with Crippen molar-refractivity contribution in [3.8, 4) is 11.3 Å². The van der Waals surface area contributed by atoms with Gasteiger partial charge in [-0.2, -0.15) is 0 Å². The van der Waals surface area contributed by atoms with Crippen LogP contribution in [0.25, 0.3) is 17.4 Å². The molecule has 0 N–H and O–H groups in total. The summed E-state index contributed by atoms with van der Waals surface area (Å²) in [5, 5.41) is 0.725. The number of carbonyl (C=O) groups is 2. The van der Waals surface area contributed by atoms with E-state index < -0.39 is 0 Å². The Hall–Kier alpha value is -1.69. The fourth-order valence-electron chi connectivity index (χ4n) is 3.65. The molecule has 1 aliphatic carbocycles. The van der Waals surface area contributed by atoms with E-state index in [1.54, 1.807) is 30.3 Å². The van der Waals surface area contributed by atoms with Gasteiger partial charge in [0.1, 0.15) is 11.5 Å². The van der Waals surface area contributed by atoms with Crippen LogP contribution < -0.4 is 0 Å². The van der Waals surface area contributed by atoms with Crippen LogP contribution >= 0.6 is 35.0 Å². The number of nitrogens with zero attached hydrogens (tertiary/aromatic N) is 1. The Morgan fingerprint density at radius 2 is 1.86 bits per heavy atom. The molecule has 4 rings (SSSR count). The van der Waals surface area contributed by atoms with Crippen molar-refractivity contribution in [2.45, 2.75) is 32.1 Å². The van der Waals surface area contributed by atoms with E-state index in [2.05, 4.69) is 0 Å². The van der Waals surface area contributed by atoms with Crippen LogP contribution in [0.15, 0.2) is 39.7 Å². The van der Waals surface area contributed by atoms with Crippen molar-refractivity contribution in [1.29, 1.82) is 0 Å². The monoisotopic (exact) mass is 435 g/mol. The maximum atomic E-state index is 12.7. The van der Waals surface area contributed by atoms with Crippen LogP contribution in [-0.2, 0) is 4.79 Å². The molecule has 0 unspecified atom stereocenters. The molecule has 28 heavy (non-hydrogen) atoms. The van der Waals surface area contributed by atoms with Crippen molar-refractivity contribution in [3.63, 3.8) is 0 Å². The first-order valence-corrected chi connectivity index (χ1v) is 10.9. The number of carbonyl (C=O) groups excluding carboxylic acids is 2. The van der Waals surface area contributed by atoms with E-state index in [4.69, 9.17) is 27.6 Å². The molecule has 1 aliphatic heterocycles. The Kier molecular flexibility index (Phi) is 5.85. The molecule has 146 valence electrons. The molecule has 1 saturated heterocycles. The highest BCUT2D eigenvalue weighted by Crippen LogP contribution is 2.36. The van der Waals surface area contributed by atoms with Gasteiger partial charge in [0.25, 0.3) is 11.1 Å². The maximum absolute atomic E-state index is 12.7. The van der Waals surface area contributed by atoms with E-state index in [1.165, 1.54) is 24.2 Å². The maximum Gasteiger partial charge on any atom is 0.293 e. The van der Waals surface area contributed by atoms with Crippen molar-refractivity contribution >= 4 is 52.2 Å². The second kappa shape index (κ2) is 8.36. The molecule has 2 fully saturated rings. The summed E-state index contributed by atoms with van der Waals surface area (Å²) in [6.45, 7) is 0.523. The summed E-state index contributed by atoms with van der Waals surface area (Å²) in [4.78, 5) is 26.8. The zero-order chi connectivity index (χ0) is 19.7. The fraction of sp³-hybridized carbons (Fsp3) is 0.333. The van der Waals surface area contributed by atoms with E-state index >= 15 is 0 Å². The Morgan fingerprint density at radius 3 is 2.61 bits per heavy atom. The van der Waals surface area contributed by atoms with Crippen LogP contribution in [0.4, 0.5) is 4.79 Å². The van der Waals surface area contributed by atoms with Gasteiger partial charge in [-0.1, -0.05) is 42.5 Å². The summed E-state index contributed by atoms with van der Waals surface area (Å²) in [5.74, 6) is 1.33. The van der Waals surface area contributed by atoms with Crippen LogP contribution in [-0.4, -0.2) is 22.6 Å². The molecule has 1 aromatic heterocycles. The van der Waals surface area contributed by atoms with Crippen LogP contribution in [0.5, 0.6) is 0 Å². The minimum Gasteiger partial charge on any atom is -0.457 e. The number of halogens is 2. The Morgan fingerprint density at radius 1 is 1.07 bits per heavy atom. The predicted molar refractivity (Wildman–Crippen MR) is 113 cm³/mol. The van der Waals surface area contributed by atoms with Crippen molar-refractivity contribution in [3.05, 3.63) is 51.0 Å². The third kappa shape index (κ3) is 4.17. The highest BCUT2D eigenvalue weighted by Gasteiger charge is 2.36. The van der Waals surface area contributed by atoms with Gasteiger partial charge in [0, 0.05) is 18.2 Å². The topological polar surface area (TPSA) is 50.5 Å². The summed E-state index contributed by atoms with van der Waals surface area (Å²) in [6.07, 6.45) is 7.42. The van der Waals surface area contributed by atoms with Crippen LogP contribution in [0.1, 0.15) is 37.9 Å². The zero-order valence-electron chi connectivity index (χ0n) is 15.1. The van der Waals surface area contributed by atoms with Gasteiger partial charge in [0.15, 0.2) is 0 Å². The first kappa shape index (κ1) is 19.6. The Balaban J connectivity index is 1.49. The molecule has 4 nitrogen and oxygen atoms in total. The van der Waals surface area contributed by atoms with Gasteiger partial charge in [-0.15, -0.1) is 0 Å². The molecule has 0 atom stereocenters. The number of rotatable bonds is 4. The molecule has 2 amide bonds. The standard InChI is InChI=1S/C21H19Cl2NO3S/c22-16-8-6-14(10-17(16)23)18-9-7-15(27-18)11-19-20(25)24(21(26)28-19)12-13-4-2-1-3-5-13/h6-11,13H,1-5,12H2/b19-11-. The molecule has 7 heteroatoms. The quantitative estimate of drug-likeness (QED) is 0.491. The molecule has 2 heterocycles. The SMILES string of the molecule is O=C1S/C(=C\c2ccc(-c3ccc(Cl)c(Cl)c3)o2)C(=O)N1CC1CCCCC1. The first-order valence-electron chi connectivity index (χ1n) is 9.32. The molecule has 2 aliphatic rings. The molecular weight excluding hydrogens is 417 g/mol. The largest absolute Gasteiger partial charge is 0.457 e. The minimum absolute atomic E-state index is 0.196. The fourth-order valence-corrected chi connectivity index (χ4v) is 4.78. The van der Waals surface area contributed by atoms with E-state index in [9.17, 15) is 9.59 Å². The summed E-state index contributed by atoms with van der Waals surface area (Å²) in [6, 6.07) is 8.82. The van der Waals surface area contributed by atoms with E-state index in [1.807, 2.05) is 6.07 Å². The normalized spacial score (nSPS) is 19.8. The van der Waals surface area contributed by atoms with Crippen LogP contribution in [0, 0.1) is 5.92 Å². The van der Waals surface area contributed by atoms with Gasteiger partial charge in [-0.05, 0) is 60.9 Å². The Labute approximate surface area is 177 Å². The van der Waals surface area contributed by atoms with Crippen molar-refractivity contribution in [2.24, 2.45) is 5.92 Å². The number of thioether (sulfide) groups is 1. The summed E-state index contributed by atoms with van der Waals surface area (Å²) in [5.41, 5.74) is 0.791. The number of amides is 2. The lowest BCUT2D eigenvalue weighted by molar-refractivity contribution is -0.123. The highest BCUT2D eigenvalue weighted by molar-refractivity contribution is 8.18. The number of hydrogen-bond acceptors (Lipinski definition) is 4. The average Bonchev–Trinajstić information content (AvgIpc) is 3.25. The lowest BCUT2D eigenvalue weighted by Crippen LogP contribution is -2.34. The molecule has 1 aromatic carbocycles. The summed E-state index contributed by atoms with van der Waals surface area (Å²) >= 11 is 13.0. The smallest absolute Gasteiger partial charge is 0.293 e. The van der Waals surface area contributed by atoms with Crippen LogP contribution in [0.2, 0.25) is 10.0 Å². The van der Waals surface area contributed by atoms with E-state index in [-0.39, 0.29) is 11.1 Å². The van der Waals surface area contributed by atoms with E-state index in [0.717, 1.165) is 30.2 Å². The van der Waals surface area contributed by atoms with Crippen molar-refractivity contribution in [2.75, 3.05) is 6.54 Å². The van der Waals surface area contributed by atoms with Gasteiger partial charge < -0.3 is 4.42 Å². The number of imide groups is 1. The number of furan rings is 1. The molecule has 1 saturated carbocycles. The van der Waals surface area contributed by atoms with Gasteiger partial charge in [0.2, 0.25) is 0 Å². The summed E-state index contributed by atoms with van der Waals surface area (Å²) < 4.78 is 5.82. The summed E-state index contributed by atoms with van der Waals surface area (Å²) in [7, 11) is 0. The number of hydrogen-bond donors (Lipinski definition) is 0. The first-order chi connectivity index (χ1) is 13.5. The predicted octanol–water partition coefficient (Wildman–Crippen LogP) is 6.87. The second-order valence-corrected chi connectivity index (χ2v) is 8.93. The molecular formula is C21H19Cl2NO3S. The zero-order valence-corrected chi connectivity index (χ0v) is 17.4. The highest BCUT2D eigenvalue weighted by atomic mass is 35.5. The van der Waals surface area contributed by atoms with Gasteiger partial charge in [-0.25, -0.2) is 0 Å². The van der Waals surface area contributed by atoms with Crippen molar-refractivity contribution in [1.82, 2.24) is 4.90 Å². The molecule has 0 spiro atoms.